The number of aromatic nitrogens is 1. The number of rotatable bonds is 4. The lowest BCUT2D eigenvalue weighted by molar-refractivity contribution is 0.268. The van der Waals surface area contributed by atoms with Crippen LogP contribution in [0.2, 0.25) is 0 Å². The molecule has 7 rings (SSSR count). The molecule has 3 aliphatic rings. The second-order valence-corrected chi connectivity index (χ2v) is 11.3. The van der Waals surface area contributed by atoms with Crippen LogP contribution in [0.4, 0.5) is 0 Å². The molecule has 1 aromatic heterocycles. The highest BCUT2D eigenvalue weighted by Gasteiger charge is 2.25. The number of hydrogen-bond acceptors (Lipinski definition) is 1. The first-order valence-corrected chi connectivity index (χ1v) is 14.2. The largest absolute Gasteiger partial charge is 0.327 e. The van der Waals surface area contributed by atoms with E-state index in [1.807, 2.05) is 0 Å². The van der Waals surface area contributed by atoms with Crippen LogP contribution in [0.15, 0.2) is 85.0 Å². The maximum atomic E-state index is 6.45. The molecule has 3 atom stereocenters. The maximum absolute atomic E-state index is 6.45. The summed E-state index contributed by atoms with van der Waals surface area (Å²) in [5.74, 6) is 1.32. The van der Waals surface area contributed by atoms with Gasteiger partial charge < -0.3 is 10.3 Å². The van der Waals surface area contributed by atoms with Crippen LogP contribution in [0.5, 0.6) is 0 Å². The van der Waals surface area contributed by atoms with Crippen LogP contribution in [0, 0.1) is 11.8 Å². The Hall–Kier alpha value is -3.36. The second-order valence-electron chi connectivity index (χ2n) is 11.3. The summed E-state index contributed by atoms with van der Waals surface area (Å²) in [4.78, 5) is 0. The van der Waals surface area contributed by atoms with E-state index >= 15 is 0 Å². The molecule has 2 N–H and O–H groups in total. The summed E-state index contributed by atoms with van der Waals surface area (Å²) < 4.78 is 2.47. The molecule has 186 valence electrons. The van der Waals surface area contributed by atoms with Crippen LogP contribution >= 0.6 is 0 Å². The monoisotopic (exact) mass is 484 g/mol. The minimum atomic E-state index is 0.400. The third kappa shape index (κ3) is 4.08. The van der Waals surface area contributed by atoms with Crippen molar-refractivity contribution < 1.29 is 0 Å². The molecule has 37 heavy (non-hydrogen) atoms. The second kappa shape index (κ2) is 9.50. The zero-order valence-corrected chi connectivity index (χ0v) is 21.6. The summed E-state index contributed by atoms with van der Waals surface area (Å²) in [6.45, 7) is 0. The number of hydrogen-bond donors (Lipinski definition) is 1. The van der Waals surface area contributed by atoms with Gasteiger partial charge in [-0.05, 0) is 91.3 Å². The fourth-order valence-corrected chi connectivity index (χ4v) is 7.02. The average molecular weight is 485 g/mol. The van der Waals surface area contributed by atoms with Crippen molar-refractivity contribution in [2.45, 2.75) is 57.4 Å². The van der Waals surface area contributed by atoms with Gasteiger partial charge in [-0.2, -0.15) is 0 Å². The number of nitrogens with two attached hydrogens (primary N) is 1. The fourth-order valence-electron chi connectivity index (χ4n) is 7.02. The highest BCUT2D eigenvalue weighted by atomic mass is 15.0. The molecule has 2 nitrogen and oxygen atoms in total. The molecule has 0 radical (unpaired) electrons. The minimum Gasteiger partial charge on any atom is -0.327 e. The Morgan fingerprint density at radius 3 is 2.62 bits per heavy atom. The van der Waals surface area contributed by atoms with E-state index in [4.69, 9.17) is 5.73 Å². The predicted molar refractivity (Wildman–Crippen MR) is 158 cm³/mol. The zero-order valence-electron chi connectivity index (χ0n) is 21.6. The minimum absolute atomic E-state index is 0.400. The first kappa shape index (κ1) is 22.8. The number of benzene rings is 3. The topological polar surface area (TPSA) is 30.9 Å². The van der Waals surface area contributed by atoms with E-state index in [-0.39, 0.29) is 0 Å². The van der Waals surface area contributed by atoms with Gasteiger partial charge in [0, 0.05) is 28.1 Å². The number of para-hydroxylation sites is 1. The maximum Gasteiger partial charge on any atom is 0.0616 e. The summed E-state index contributed by atoms with van der Waals surface area (Å²) in [5.41, 5.74) is 15.8. The summed E-state index contributed by atoms with van der Waals surface area (Å²) >= 11 is 0. The summed E-state index contributed by atoms with van der Waals surface area (Å²) in [6.07, 6.45) is 21.7. The van der Waals surface area contributed by atoms with Gasteiger partial charge in [-0.15, -0.1) is 0 Å². The Kier molecular flexibility index (Phi) is 5.86. The van der Waals surface area contributed by atoms with Crippen molar-refractivity contribution in [1.82, 2.24) is 4.57 Å². The molecule has 0 amide bonds. The molecule has 0 saturated heterocycles. The van der Waals surface area contributed by atoms with E-state index in [9.17, 15) is 0 Å². The smallest absolute Gasteiger partial charge is 0.0616 e. The van der Waals surface area contributed by atoms with Crippen molar-refractivity contribution in [2.75, 3.05) is 0 Å². The zero-order chi connectivity index (χ0) is 24.8. The van der Waals surface area contributed by atoms with E-state index in [0.717, 1.165) is 19.3 Å². The van der Waals surface area contributed by atoms with Crippen molar-refractivity contribution in [3.05, 3.63) is 102 Å². The van der Waals surface area contributed by atoms with Crippen molar-refractivity contribution >= 4 is 33.5 Å². The van der Waals surface area contributed by atoms with E-state index in [1.165, 1.54) is 81.9 Å². The Balaban J connectivity index is 1.28. The number of aryl methyl sites for hydroxylation is 1. The molecular weight excluding hydrogens is 448 g/mol. The van der Waals surface area contributed by atoms with Crippen LogP contribution in [-0.4, -0.2) is 10.6 Å². The normalized spacial score (nSPS) is 23.4. The van der Waals surface area contributed by atoms with E-state index in [1.54, 1.807) is 0 Å². The SMILES string of the molecule is NC1CCCCC1CC1C=CC(c2ccc3c(c2)c2ccc4c(c2n3-c2ccccc2)C=CCC4)=CC1. The van der Waals surface area contributed by atoms with Gasteiger partial charge in [-0.25, -0.2) is 0 Å². The molecule has 1 saturated carbocycles. The Morgan fingerprint density at radius 1 is 0.892 bits per heavy atom. The molecular formula is C35H36N2. The molecule has 2 heteroatoms. The molecule has 4 aromatic rings. The van der Waals surface area contributed by atoms with Gasteiger partial charge in [0.2, 0.25) is 0 Å². The molecule has 0 spiro atoms. The van der Waals surface area contributed by atoms with Crippen LogP contribution in [0.25, 0.3) is 39.1 Å². The first-order valence-electron chi connectivity index (χ1n) is 14.2. The number of fused-ring (bicyclic) bond motifs is 5. The summed E-state index contributed by atoms with van der Waals surface area (Å²) in [6, 6.07) is 23.0. The Morgan fingerprint density at radius 2 is 1.78 bits per heavy atom. The van der Waals surface area contributed by atoms with Crippen molar-refractivity contribution in [3.8, 4) is 5.69 Å². The molecule has 0 bridgehead atoms. The van der Waals surface area contributed by atoms with Gasteiger partial charge in [0.1, 0.15) is 0 Å². The number of allylic oxidation sites excluding steroid dienone is 5. The Labute approximate surface area is 220 Å². The highest BCUT2D eigenvalue weighted by molar-refractivity contribution is 6.13. The van der Waals surface area contributed by atoms with Crippen LogP contribution in [0.3, 0.4) is 0 Å². The summed E-state index contributed by atoms with van der Waals surface area (Å²) in [5, 5.41) is 2.68. The van der Waals surface area contributed by atoms with Gasteiger partial charge in [0.05, 0.1) is 11.0 Å². The molecule has 0 aliphatic heterocycles. The van der Waals surface area contributed by atoms with Gasteiger partial charge in [-0.3, -0.25) is 0 Å². The lowest BCUT2D eigenvalue weighted by Crippen LogP contribution is -2.34. The van der Waals surface area contributed by atoms with Crippen molar-refractivity contribution in [2.24, 2.45) is 17.6 Å². The van der Waals surface area contributed by atoms with Gasteiger partial charge >= 0.3 is 0 Å². The van der Waals surface area contributed by atoms with E-state index in [2.05, 4.69) is 95.6 Å². The molecule has 3 unspecified atom stereocenters. The standard InChI is InChI=1S/C35H36N2/c36-33-13-7-5-9-28(33)22-24-14-16-25(17-15-24)27-19-21-34-32(23-27)31-20-18-26-8-4-6-12-30(26)35(31)37(34)29-10-2-1-3-11-29/h1-3,6,10-12,14,16-21,23-24,28,33H,4-5,7-9,13,15,22,36H2. The lowest BCUT2D eigenvalue weighted by Gasteiger charge is -2.31. The molecule has 3 aromatic carbocycles. The van der Waals surface area contributed by atoms with E-state index < -0.39 is 0 Å². The van der Waals surface area contributed by atoms with Crippen molar-refractivity contribution in [1.29, 1.82) is 0 Å². The molecule has 3 aliphatic carbocycles. The first-order chi connectivity index (χ1) is 18.3. The van der Waals surface area contributed by atoms with Crippen molar-refractivity contribution in [3.63, 3.8) is 0 Å². The average Bonchev–Trinajstić information content (AvgIpc) is 3.29. The van der Waals surface area contributed by atoms with Crippen LogP contribution in [-0.2, 0) is 6.42 Å². The van der Waals surface area contributed by atoms with Crippen LogP contribution < -0.4 is 5.73 Å². The highest BCUT2D eigenvalue weighted by Crippen LogP contribution is 2.39. The van der Waals surface area contributed by atoms with Gasteiger partial charge in [-0.1, -0.05) is 79.6 Å². The van der Waals surface area contributed by atoms with Gasteiger partial charge in [0.15, 0.2) is 0 Å². The Bertz CT molecular complexity index is 1550. The third-order valence-electron chi connectivity index (χ3n) is 9.03. The molecule has 1 fully saturated rings. The molecule has 1 heterocycles. The quantitative estimate of drug-likeness (QED) is 0.309. The van der Waals surface area contributed by atoms with E-state index in [0.29, 0.717) is 17.9 Å². The number of nitrogens with zero attached hydrogens (tertiary/aromatic N) is 1. The lowest BCUT2D eigenvalue weighted by atomic mass is 9.77. The predicted octanol–water partition coefficient (Wildman–Crippen LogP) is 8.61. The third-order valence-corrected chi connectivity index (χ3v) is 9.03. The summed E-state index contributed by atoms with van der Waals surface area (Å²) in [7, 11) is 0. The fraction of sp³-hybridized carbons (Fsp3) is 0.314. The van der Waals surface area contributed by atoms with Crippen LogP contribution in [0.1, 0.15) is 61.6 Å². The van der Waals surface area contributed by atoms with Gasteiger partial charge in [0.25, 0.3) is 0 Å².